The fourth-order valence-electron chi connectivity index (χ4n) is 2.16. The van der Waals surface area contributed by atoms with Gasteiger partial charge in [0, 0.05) is 12.7 Å². The van der Waals surface area contributed by atoms with E-state index in [4.69, 9.17) is 5.73 Å². The lowest BCUT2D eigenvalue weighted by molar-refractivity contribution is 0.111. The van der Waals surface area contributed by atoms with E-state index in [1.165, 1.54) is 0 Å². The highest BCUT2D eigenvalue weighted by Crippen LogP contribution is 2.24. The Kier molecular flexibility index (Phi) is 3.62. The summed E-state index contributed by atoms with van der Waals surface area (Å²) in [5, 5.41) is 12.7. The van der Waals surface area contributed by atoms with Gasteiger partial charge in [0.25, 0.3) is 0 Å². The summed E-state index contributed by atoms with van der Waals surface area (Å²) in [5.41, 5.74) is 6.49. The summed E-state index contributed by atoms with van der Waals surface area (Å²) < 4.78 is 0. The quantitative estimate of drug-likeness (QED) is 0.725. The van der Waals surface area contributed by atoms with E-state index in [-0.39, 0.29) is 6.10 Å². The number of rotatable bonds is 3. The minimum Gasteiger partial charge on any atom is -0.396 e. The highest BCUT2D eigenvalue weighted by Gasteiger charge is 2.19. The van der Waals surface area contributed by atoms with Crippen molar-refractivity contribution in [3.63, 3.8) is 0 Å². The Morgan fingerprint density at radius 1 is 1.38 bits per heavy atom. The van der Waals surface area contributed by atoms with E-state index in [1.54, 1.807) is 6.20 Å². The zero-order valence-corrected chi connectivity index (χ0v) is 9.39. The van der Waals surface area contributed by atoms with E-state index in [9.17, 15) is 5.11 Å². The Balaban J connectivity index is 1.81. The molecule has 0 atom stereocenters. The summed E-state index contributed by atoms with van der Waals surface area (Å²) >= 11 is 0. The van der Waals surface area contributed by atoms with Crippen molar-refractivity contribution in [2.45, 2.75) is 31.8 Å². The molecule has 1 aliphatic rings. The fraction of sp³-hybridized carbons (Fsp3) is 0.583. The topological polar surface area (TPSA) is 71.2 Å². The third-order valence-electron chi connectivity index (χ3n) is 3.21. The van der Waals surface area contributed by atoms with Gasteiger partial charge in [0.2, 0.25) is 0 Å². The van der Waals surface area contributed by atoms with Gasteiger partial charge in [-0.25, -0.2) is 4.98 Å². The number of hydrogen-bond acceptors (Lipinski definition) is 4. The molecule has 4 nitrogen and oxygen atoms in total. The minimum absolute atomic E-state index is 0.0869. The van der Waals surface area contributed by atoms with Gasteiger partial charge in [-0.05, 0) is 43.7 Å². The van der Waals surface area contributed by atoms with Crippen molar-refractivity contribution >= 4 is 11.5 Å². The molecule has 0 aliphatic heterocycles. The summed E-state index contributed by atoms with van der Waals surface area (Å²) in [6.45, 7) is 0.897. The first-order valence-electron chi connectivity index (χ1n) is 5.88. The predicted molar refractivity (Wildman–Crippen MR) is 65.1 cm³/mol. The summed E-state index contributed by atoms with van der Waals surface area (Å²) in [7, 11) is 0. The molecule has 0 saturated heterocycles. The fourth-order valence-corrected chi connectivity index (χ4v) is 2.16. The number of aliphatic hydroxyl groups excluding tert-OH is 1. The Morgan fingerprint density at radius 2 is 2.12 bits per heavy atom. The van der Waals surface area contributed by atoms with Gasteiger partial charge < -0.3 is 16.2 Å². The van der Waals surface area contributed by atoms with Crippen LogP contribution >= 0.6 is 0 Å². The Labute approximate surface area is 95.9 Å². The largest absolute Gasteiger partial charge is 0.396 e. The number of nitrogens with zero attached hydrogens (tertiary/aromatic N) is 1. The van der Waals surface area contributed by atoms with E-state index in [1.807, 2.05) is 12.1 Å². The zero-order chi connectivity index (χ0) is 11.4. The van der Waals surface area contributed by atoms with Crippen LogP contribution in [0.1, 0.15) is 25.7 Å². The van der Waals surface area contributed by atoms with Gasteiger partial charge in [0.1, 0.15) is 5.82 Å². The molecule has 88 valence electrons. The molecule has 1 aliphatic carbocycles. The normalized spacial score (nSPS) is 25.3. The molecule has 16 heavy (non-hydrogen) atoms. The van der Waals surface area contributed by atoms with Crippen molar-refractivity contribution in [2.24, 2.45) is 5.92 Å². The molecule has 2 rings (SSSR count). The summed E-state index contributed by atoms with van der Waals surface area (Å²) in [6.07, 6.45) is 5.66. The number of hydrogen-bond donors (Lipinski definition) is 3. The number of pyridine rings is 1. The zero-order valence-electron chi connectivity index (χ0n) is 9.39. The summed E-state index contributed by atoms with van der Waals surface area (Å²) in [4.78, 5) is 4.19. The monoisotopic (exact) mass is 221 g/mol. The molecule has 1 aromatic heterocycles. The van der Waals surface area contributed by atoms with Crippen molar-refractivity contribution in [1.82, 2.24) is 4.98 Å². The molecule has 0 unspecified atom stereocenters. The molecule has 1 aromatic rings. The van der Waals surface area contributed by atoms with Gasteiger partial charge in [-0.15, -0.1) is 0 Å². The second-order valence-electron chi connectivity index (χ2n) is 4.50. The van der Waals surface area contributed by atoms with E-state index in [0.717, 1.165) is 38.0 Å². The van der Waals surface area contributed by atoms with Crippen LogP contribution in [-0.4, -0.2) is 22.7 Å². The summed E-state index contributed by atoms with van der Waals surface area (Å²) in [6, 6.07) is 3.68. The Bertz CT molecular complexity index is 335. The van der Waals surface area contributed by atoms with Gasteiger partial charge in [-0.2, -0.15) is 0 Å². The highest BCUT2D eigenvalue weighted by molar-refractivity contribution is 5.60. The first kappa shape index (κ1) is 11.2. The standard InChI is InChI=1S/C12H19N3O/c13-11-2-1-7-14-12(11)15-8-9-3-5-10(16)6-4-9/h1-2,7,9-10,16H,3-6,8,13H2,(H,14,15). The van der Waals surface area contributed by atoms with Crippen LogP contribution in [0.5, 0.6) is 0 Å². The SMILES string of the molecule is Nc1cccnc1NCC1CCC(O)CC1. The van der Waals surface area contributed by atoms with Crippen LogP contribution in [-0.2, 0) is 0 Å². The van der Waals surface area contributed by atoms with Crippen LogP contribution in [0.3, 0.4) is 0 Å². The van der Waals surface area contributed by atoms with Gasteiger partial charge in [-0.1, -0.05) is 0 Å². The van der Waals surface area contributed by atoms with Crippen LogP contribution < -0.4 is 11.1 Å². The maximum atomic E-state index is 9.40. The molecule has 4 heteroatoms. The Morgan fingerprint density at radius 3 is 2.81 bits per heavy atom. The van der Waals surface area contributed by atoms with E-state index >= 15 is 0 Å². The predicted octanol–water partition coefficient (Wildman–Crippen LogP) is 1.63. The third kappa shape index (κ3) is 2.85. The molecule has 0 spiro atoms. The molecule has 1 fully saturated rings. The second-order valence-corrected chi connectivity index (χ2v) is 4.50. The molecule has 0 bridgehead atoms. The van der Waals surface area contributed by atoms with Crippen molar-refractivity contribution < 1.29 is 5.11 Å². The van der Waals surface area contributed by atoms with Crippen LogP contribution in [0.25, 0.3) is 0 Å². The number of aliphatic hydroxyl groups is 1. The van der Waals surface area contributed by atoms with Crippen LogP contribution in [0.4, 0.5) is 11.5 Å². The first-order chi connectivity index (χ1) is 7.75. The van der Waals surface area contributed by atoms with Crippen molar-refractivity contribution in [1.29, 1.82) is 0 Å². The lowest BCUT2D eigenvalue weighted by Gasteiger charge is -2.25. The van der Waals surface area contributed by atoms with Gasteiger partial charge in [0.15, 0.2) is 0 Å². The van der Waals surface area contributed by atoms with Crippen molar-refractivity contribution in [3.8, 4) is 0 Å². The molecule has 1 saturated carbocycles. The van der Waals surface area contributed by atoms with Gasteiger partial charge in [0.05, 0.1) is 11.8 Å². The minimum atomic E-state index is -0.0869. The van der Waals surface area contributed by atoms with E-state index in [0.29, 0.717) is 11.6 Å². The van der Waals surface area contributed by atoms with Crippen LogP contribution in [0.15, 0.2) is 18.3 Å². The number of aromatic nitrogens is 1. The lowest BCUT2D eigenvalue weighted by Crippen LogP contribution is -2.24. The molecular formula is C12H19N3O. The van der Waals surface area contributed by atoms with Gasteiger partial charge in [-0.3, -0.25) is 0 Å². The van der Waals surface area contributed by atoms with Crippen LogP contribution in [0, 0.1) is 5.92 Å². The van der Waals surface area contributed by atoms with Gasteiger partial charge >= 0.3 is 0 Å². The maximum absolute atomic E-state index is 9.40. The number of nitrogens with two attached hydrogens (primary N) is 1. The average Bonchev–Trinajstić information content (AvgIpc) is 2.30. The summed E-state index contributed by atoms with van der Waals surface area (Å²) in [5.74, 6) is 1.40. The van der Waals surface area contributed by atoms with Crippen molar-refractivity contribution in [2.75, 3.05) is 17.6 Å². The molecule has 0 aromatic carbocycles. The third-order valence-corrected chi connectivity index (χ3v) is 3.21. The molecule has 0 radical (unpaired) electrons. The first-order valence-corrected chi connectivity index (χ1v) is 5.88. The second kappa shape index (κ2) is 5.16. The smallest absolute Gasteiger partial charge is 0.149 e. The number of nitrogen functional groups attached to an aromatic ring is 1. The molecule has 0 amide bonds. The van der Waals surface area contributed by atoms with E-state index in [2.05, 4.69) is 10.3 Å². The average molecular weight is 221 g/mol. The number of nitrogens with one attached hydrogen (secondary N) is 1. The maximum Gasteiger partial charge on any atom is 0.149 e. The van der Waals surface area contributed by atoms with Crippen LogP contribution in [0.2, 0.25) is 0 Å². The number of anilines is 2. The Hall–Kier alpha value is -1.29. The molecule has 1 heterocycles. The van der Waals surface area contributed by atoms with E-state index < -0.39 is 0 Å². The molecular weight excluding hydrogens is 202 g/mol. The lowest BCUT2D eigenvalue weighted by atomic mass is 9.87. The van der Waals surface area contributed by atoms with Crippen molar-refractivity contribution in [3.05, 3.63) is 18.3 Å². The molecule has 4 N–H and O–H groups in total. The highest BCUT2D eigenvalue weighted by atomic mass is 16.3.